The van der Waals surface area contributed by atoms with Crippen molar-refractivity contribution in [3.63, 3.8) is 0 Å². The first-order chi connectivity index (χ1) is 5.45. The van der Waals surface area contributed by atoms with Gasteiger partial charge < -0.3 is 24.8 Å². The van der Waals surface area contributed by atoms with Gasteiger partial charge in [-0.15, -0.1) is 0 Å². The maximum absolute atomic E-state index is 4.12. The van der Waals surface area contributed by atoms with Crippen molar-refractivity contribution in [2.24, 2.45) is 0 Å². The van der Waals surface area contributed by atoms with Crippen LogP contribution in [0.15, 0.2) is 0 Å². The van der Waals surface area contributed by atoms with E-state index in [4.69, 9.17) is 0 Å². The monoisotopic (exact) mass is 314 g/mol. The van der Waals surface area contributed by atoms with E-state index >= 15 is 0 Å². The molecular formula is C8H20Cl2S4. The van der Waals surface area contributed by atoms with Crippen LogP contribution in [0.3, 0.4) is 0 Å². The summed E-state index contributed by atoms with van der Waals surface area (Å²) in [6, 6.07) is 0. The van der Waals surface area contributed by atoms with Crippen molar-refractivity contribution < 1.29 is 27.7 Å². The minimum absolute atomic E-state index is 0. The van der Waals surface area contributed by atoms with Crippen molar-refractivity contribution >= 4 is 46.8 Å². The number of thiol groups is 2. The van der Waals surface area contributed by atoms with E-state index in [9.17, 15) is 0 Å². The Bertz CT molecular complexity index is 111. The normalized spacial score (nSPS) is 27.9. The van der Waals surface area contributed by atoms with Crippen molar-refractivity contribution in [3.8, 4) is 0 Å². The second-order valence-corrected chi connectivity index (χ2v) is 7.74. The lowest BCUT2D eigenvalue weighted by molar-refractivity contribution is -0.001000. The summed E-state index contributed by atoms with van der Waals surface area (Å²) in [5.41, 5.74) is 0. The second kappa shape index (κ2) is 11.5. The second-order valence-electron chi connectivity index (χ2n) is 3.08. The van der Waals surface area contributed by atoms with E-state index in [1.807, 2.05) is 35.4 Å². The molecule has 90 valence electrons. The van der Waals surface area contributed by atoms with Crippen LogP contribution in [-0.4, -0.2) is 21.0 Å². The molecule has 0 bridgehead atoms. The van der Waals surface area contributed by atoms with Gasteiger partial charge in [0.2, 0.25) is 0 Å². The first-order valence-electron chi connectivity index (χ1n) is 4.13. The zero-order chi connectivity index (χ0) is 9.72. The van der Waals surface area contributed by atoms with Crippen molar-refractivity contribution in [1.82, 2.24) is 0 Å². The molecule has 1 fully saturated rings. The lowest BCUT2D eigenvalue weighted by Crippen LogP contribution is -3.00. The molecule has 0 aromatic heterocycles. The molecule has 0 aromatic carbocycles. The van der Waals surface area contributed by atoms with E-state index in [0.717, 1.165) is 10.5 Å². The molecule has 0 amide bonds. The van der Waals surface area contributed by atoms with Gasteiger partial charge in [-0.1, -0.05) is 49.3 Å². The predicted molar refractivity (Wildman–Crippen MR) is 73.2 cm³/mol. The highest BCUT2D eigenvalue weighted by molar-refractivity contribution is 8.80. The lowest BCUT2D eigenvalue weighted by atomic mass is 10.4. The zero-order valence-electron chi connectivity index (χ0n) is 10.8. The Kier molecular flexibility index (Phi) is 17.4. The fourth-order valence-electron chi connectivity index (χ4n) is 0.278. The third-order valence-corrected chi connectivity index (χ3v) is 6.71. The van der Waals surface area contributed by atoms with Crippen molar-refractivity contribution in [1.29, 1.82) is 0 Å². The number of rotatable bonds is 1. The fraction of sp³-hybridized carbons (Fsp3) is 1.00. The third-order valence-electron chi connectivity index (χ3n) is 1.72. The Morgan fingerprint density at radius 1 is 0.929 bits per heavy atom. The Morgan fingerprint density at radius 2 is 1.14 bits per heavy atom. The van der Waals surface area contributed by atoms with E-state index in [1.54, 1.807) is 0 Å². The van der Waals surface area contributed by atoms with Gasteiger partial charge in [0.05, 0.1) is 0 Å². The first kappa shape index (κ1) is 21.3. The fourth-order valence-corrected chi connectivity index (χ4v) is 2.50. The van der Waals surface area contributed by atoms with E-state index in [0.29, 0.717) is 10.5 Å². The molecule has 1 aliphatic rings. The van der Waals surface area contributed by atoms with Crippen molar-refractivity contribution in [2.45, 2.75) is 48.7 Å². The maximum Gasteiger partial charge on any atom is 1.00 e. The van der Waals surface area contributed by atoms with Crippen LogP contribution in [0.5, 0.6) is 0 Å². The van der Waals surface area contributed by atoms with Crippen LogP contribution in [0.25, 0.3) is 0 Å². The summed E-state index contributed by atoms with van der Waals surface area (Å²) < 4.78 is 0. The van der Waals surface area contributed by atoms with Gasteiger partial charge in [0, 0.05) is 21.0 Å². The van der Waals surface area contributed by atoms with Gasteiger partial charge in [-0.25, -0.2) is 0 Å². The maximum atomic E-state index is 4.12. The van der Waals surface area contributed by atoms with Crippen LogP contribution in [-0.2, 0) is 0 Å². The largest absolute Gasteiger partial charge is 1.00 e. The van der Waals surface area contributed by atoms with Gasteiger partial charge in [-0.2, -0.15) is 25.3 Å². The summed E-state index contributed by atoms with van der Waals surface area (Å²) in [7, 11) is 3.97. The topological polar surface area (TPSA) is 0 Å². The smallest absolute Gasteiger partial charge is 1.00 e. The van der Waals surface area contributed by atoms with Crippen LogP contribution < -0.4 is 24.8 Å². The minimum Gasteiger partial charge on any atom is -1.00 e. The Labute approximate surface area is 123 Å². The molecule has 0 spiro atoms. The van der Waals surface area contributed by atoms with Crippen molar-refractivity contribution in [3.05, 3.63) is 0 Å². The number of halogens is 2. The summed E-state index contributed by atoms with van der Waals surface area (Å²) in [5.74, 6) is 0. The van der Waals surface area contributed by atoms with E-state index in [-0.39, 0.29) is 27.7 Å². The van der Waals surface area contributed by atoms with Crippen LogP contribution in [0, 0.1) is 0 Å². The van der Waals surface area contributed by atoms with Crippen LogP contribution in [0.4, 0.5) is 0 Å². The summed E-state index contributed by atoms with van der Waals surface area (Å²) in [6.45, 7) is 8.60. The summed E-state index contributed by atoms with van der Waals surface area (Å²) in [6.07, 6.45) is 0. The molecule has 0 aromatic rings. The quantitative estimate of drug-likeness (QED) is 0.425. The third kappa shape index (κ3) is 10.5. The first-order valence-corrected chi connectivity index (χ1v) is 7.44. The molecule has 14 heavy (non-hydrogen) atoms. The summed E-state index contributed by atoms with van der Waals surface area (Å²) in [5, 5.41) is 2.65. The average Bonchev–Trinajstić information content (AvgIpc) is 2.02. The highest BCUT2D eigenvalue weighted by Crippen LogP contribution is 2.46. The molecule has 1 aliphatic heterocycles. The van der Waals surface area contributed by atoms with Gasteiger partial charge in [0.15, 0.2) is 0 Å². The molecule has 6 heteroatoms. The van der Waals surface area contributed by atoms with E-state index in [1.165, 1.54) is 0 Å². The van der Waals surface area contributed by atoms with Crippen molar-refractivity contribution in [2.75, 3.05) is 0 Å². The Morgan fingerprint density at radius 3 is 1.14 bits per heavy atom. The van der Waals surface area contributed by atoms with Crippen LogP contribution in [0.2, 0.25) is 0 Å². The number of hydrogen-bond donors (Lipinski definition) is 2. The minimum atomic E-state index is 0. The highest BCUT2D eigenvalue weighted by atomic mass is 35.5. The van der Waals surface area contributed by atoms with Crippen LogP contribution in [0.1, 0.15) is 30.5 Å². The SMILES string of the molecule is CC(S)C(C)S.CC1SSC1C.[Cl-].[Cl-].[H+].[H+]. The Hall–Kier alpha value is 1.98. The van der Waals surface area contributed by atoms with Gasteiger partial charge in [-0.05, 0) is 0 Å². The average molecular weight is 315 g/mol. The molecule has 0 radical (unpaired) electrons. The summed E-state index contributed by atoms with van der Waals surface area (Å²) >= 11 is 8.23. The van der Waals surface area contributed by atoms with E-state index in [2.05, 4.69) is 39.1 Å². The van der Waals surface area contributed by atoms with Gasteiger partial charge in [0.25, 0.3) is 0 Å². The zero-order valence-corrected chi connectivity index (χ0v) is 13.7. The molecule has 1 heterocycles. The molecule has 0 nitrogen and oxygen atoms in total. The molecule has 4 unspecified atom stereocenters. The van der Waals surface area contributed by atoms with E-state index < -0.39 is 0 Å². The van der Waals surface area contributed by atoms with Gasteiger partial charge in [-0.3, -0.25) is 0 Å². The lowest BCUT2D eigenvalue weighted by Gasteiger charge is -2.27. The predicted octanol–water partition coefficient (Wildman–Crippen LogP) is -1.99. The molecule has 1 rings (SSSR count). The summed E-state index contributed by atoms with van der Waals surface area (Å²) in [4.78, 5) is 0. The van der Waals surface area contributed by atoms with Gasteiger partial charge in [0.1, 0.15) is 0 Å². The molecular weight excluding hydrogens is 295 g/mol. The number of hydrogen-bond acceptors (Lipinski definition) is 4. The van der Waals surface area contributed by atoms with Crippen LogP contribution >= 0.6 is 46.8 Å². The molecule has 1 saturated heterocycles. The Balaban J connectivity index is -0.0000000403. The van der Waals surface area contributed by atoms with Gasteiger partial charge >= 0.3 is 2.85 Å². The molecule has 0 saturated carbocycles. The molecule has 0 N–H and O–H groups in total. The molecule has 4 atom stereocenters. The highest BCUT2D eigenvalue weighted by Gasteiger charge is 2.23. The standard InChI is InChI=1S/C4H8S2.C4H10S2.2ClH/c1-3-4(2)6-5-3;1-3(5)4(2)6;;/h3-4H,1-2H3;3-6H,1-2H3;2*1H. The molecule has 0 aliphatic carbocycles.